The van der Waals surface area contributed by atoms with Gasteiger partial charge in [0.15, 0.2) is 0 Å². The van der Waals surface area contributed by atoms with Crippen molar-refractivity contribution in [1.29, 1.82) is 0 Å². The molecule has 0 spiro atoms. The van der Waals surface area contributed by atoms with Crippen molar-refractivity contribution in [2.24, 2.45) is 7.05 Å². The molecule has 1 fully saturated rings. The molecule has 0 amide bonds. The van der Waals surface area contributed by atoms with Crippen LogP contribution in [0.4, 0.5) is 8.78 Å². The molecule has 0 aliphatic heterocycles. The zero-order valence-electron chi connectivity index (χ0n) is 12.2. The van der Waals surface area contributed by atoms with Crippen molar-refractivity contribution >= 4 is 11.1 Å². The summed E-state index contributed by atoms with van der Waals surface area (Å²) in [5.74, 6) is 0.228. The summed E-state index contributed by atoms with van der Waals surface area (Å²) >= 11 is 0. The summed E-state index contributed by atoms with van der Waals surface area (Å²) in [6.45, 7) is 1.82. The van der Waals surface area contributed by atoms with Crippen molar-refractivity contribution < 1.29 is 13.3 Å². The van der Waals surface area contributed by atoms with Gasteiger partial charge in [0.25, 0.3) is 12.1 Å². The average molecular weight is 304 g/mol. The van der Waals surface area contributed by atoms with Gasteiger partial charge in [0.05, 0.1) is 22.5 Å². The van der Waals surface area contributed by atoms with Crippen molar-refractivity contribution in [3.63, 3.8) is 0 Å². The number of aromatic nitrogens is 4. The summed E-state index contributed by atoms with van der Waals surface area (Å²) in [4.78, 5) is 4.38. The lowest BCUT2D eigenvalue weighted by molar-refractivity contribution is 0.153. The zero-order chi connectivity index (χ0) is 15.4. The molecular weight excluding hydrogens is 290 g/mol. The smallest absolute Gasteiger partial charge is 0.264 e. The Bertz CT molecular complexity index is 864. The quantitative estimate of drug-likeness (QED) is 0.739. The van der Waals surface area contributed by atoms with Gasteiger partial charge in [-0.2, -0.15) is 5.10 Å². The molecule has 3 heterocycles. The van der Waals surface area contributed by atoms with Crippen molar-refractivity contribution in [2.45, 2.75) is 32.1 Å². The standard InChI is InChI=1S/C15H14F2N4O/c1-7-10(6-21(2)19-7)11-5-9(14(16)17)12-13(8-3-4-8)20-22-15(12)18-11/h5-6,8,14H,3-4H2,1-2H3. The van der Waals surface area contributed by atoms with E-state index in [1.165, 1.54) is 6.07 Å². The molecule has 0 N–H and O–H groups in total. The zero-order valence-corrected chi connectivity index (χ0v) is 12.2. The van der Waals surface area contributed by atoms with E-state index in [0.717, 1.165) is 24.1 Å². The van der Waals surface area contributed by atoms with E-state index >= 15 is 0 Å². The Balaban J connectivity index is 1.96. The van der Waals surface area contributed by atoms with Crippen LogP contribution in [0.5, 0.6) is 0 Å². The van der Waals surface area contributed by atoms with Crippen LogP contribution in [0.25, 0.3) is 22.4 Å². The normalized spacial score (nSPS) is 15.1. The molecule has 22 heavy (non-hydrogen) atoms. The van der Waals surface area contributed by atoms with Crippen LogP contribution >= 0.6 is 0 Å². The van der Waals surface area contributed by atoms with Gasteiger partial charge in [-0.1, -0.05) is 5.16 Å². The SMILES string of the molecule is Cc1nn(C)cc1-c1cc(C(F)F)c2c(C3CC3)noc2n1. The van der Waals surface area contributed by atoms with Gasteiger partial charge in [-0.05, 0) is 25.8 Å². The highest BCUT2D eigenvalue weighted by Gasteiger charge is 2.32. The molecule has 114 valence electrons. The van der Waals surface area contributed by atoms with Crippen LogP contribution in [0.3, 0.4) is 0 Å². The van der Waals surface area contributed by atoms with Crippen LogP contribution in [-0.4, -0.2) is 19.9 Å². The maximum Gasteiger partial charge on any atom is 0.264 e. The highest BCUT2D eigenvalue weighted by Crippen LogP contribution is 2.45. The Morgan fingerprint density at radius 1 is 1.36 bits per heavy atom. The van der Waals surface area contributed by atoms with E-state index < -0.39 is 6.43 Å². The van der Waals surface area contributed by atoms with Crippen LogP contribution in [-0.2, 0) is 7.05 Å². The second-order valence-electron chi connectivity index (χ2n) is 5.72. The first kappa shape index (κ1) is 13.4. The first-order chi connectivity index (χ1) is 10.5. The van der Waals surface area contributed by atoms with Gasteiger partial charge >= 0.3 is 0 Å². The number of hydrogen-bond donors (Lipinski definition) is 0. The molecular formula is C15H14F2N4O. The molecule has 4 rings (SSSR count). The maximum atomic E-state index is 13.5. The van der Waals surface area contributed by atoms with Crippen molar-refractivity contribution in [2.75, 3.05) is 0 Å². The Morgan fingerprint density at radius 2 is 2.14 bits per heavy atom. The second-order valence-corrected chi connectivity index (χ2v) is 5.72. The number of alkyl halides is 2. The van der Waals surface area contributed by atoms with E-state index in [4.69, 9.17) is 4.52 Å². The molecule has 3 aromatic heterocycles. The predicted octanol–water partition coefficient (Wildman–Crippen LogP) is 3.75. The van der Waals surface area contributed by atoms with Gasteiger partial charge in [-0.25, -0.2) is 13.8 Å². The third-order valence-electron chi connectivity index (χ3n) is 3.99. The summed E-state index contributed by atoms with van der Waals surface area (Å²) < 4.78 is 33.9. The van der Waals surface area contributed by atoms with Gasteiger partial charge in [-0.15, -0.1) is 0 Å². The number of aryl methyl sites for hydroxylation is 2. The summed E-state index contributed by atoms with van der Waals surface area (Å²) in [5, 5.41) is 8.58. The van der Waals surface area contributed by atoms with E-state index in [9.17, 15) is 8.78 Å². The van der Waals surface area contributed by atoms with Crippen LogP contribution < -0.4 is 0 Å². The highest BCUT2D eigenvalue weighted by atomic mass is 19.3. The minimum absolute atomic E-state index is 0.0635. The van der Waals surface area contributed by atoms with E-state index in [0.29, 0.717) is 16.8 Å². The lowest BCUT2D eigenvalue weighted by Crippen LogP contribution is -1.94. The summed E-state index contributed by atoms with van der Waals surface area (Å²) in [6.07, 6.45) is 1.09. The fraction of sp³-hybridized carbons (Fsp3) is 0.400. The third kappa shape index (κ3) is 2.00. The first-order valence-corrected chi connectivity index (χ1v) is 7.13. The minimum atomic E-state index is -2.60. The van der Waals surface area contributed by atoms with Crippen LogP contribution in [0.2, 0.25) is 0 Å². The number of pyridine rings is 1. The Labute approximate surface area is 124 Å². The molecule has 1 aliphatic rings. The van der Waals surface area contributed by atoms with E-state index in [-0.39, 0.29) is 17.2 Å². The number of fused-ring (bicyclic) bond motifs is 1. The Hall–Kier alpha value is -2.31. The van der Waals surface area contributed by atoms with Crippen LogP contribution in [0.1, 0.15) is 42.1 Å². The fourth-order valence-electron chi connectivity index (χ4n) is 2.80. The summed E-state index contributed by atoms with van der Waals surface area (Å²) in [5.41, 5.74) is 2.62. The topological polar surface area (TPSA) is 56.7 Å². The van der Waals surface area contributed by atoms with E-state index in [1.54, 1.807) is 17.9 Å². The van der Waals surface area contributed by atoms with Gasteiger partial charge < -0.3 is 4.52 Å². The largest absolute Gasteiger partial charge is 0.335 e. The predicted molar refractivity (Wildman–Crippen MR) is 75.7 cm³/mol. The lowest BCUT2D eigenvalue weighted by atomic mass is 10.0. The Kier molecular flexibility index (Phi) is 2.79. The molecule has 0 radical (unpaired) electrons. The third-order valence-corrected chi connectivity index (χ3v) is 3.99. The monoisotopic (exact) mass is 304 g/mol. The van der Waals surface area contributed by atoms with Crippen LogP contribution in [0.15, 0.2) is 16.8 Å². The van der Waals surface area contributed by atoms with Gasteiger partial charge in [0.2, 0.25) is 0 Å². The van der Waals surface area contributed by atoms with Crippen molar-refractivity contribution in [1.82, 2.24) is 19.9 Å². The van der Waals surface area contributed by atoms with Crippen LogP contribution in [0, 0.1) is 6.92 Å². The lowest BCUT2D eigenvalue weighted by Gasteiger charge is -2.05. The second kappa shape index (κ2) is 4.59. The molecule has 7 heteroatoms. The highest BCUT2D eigenvalue weighted by molar-refractivity contribution is 5.84. The number of rotatable bonds is 3. The molecule has 0 saturated heterocycles. The molecule has 0 atom stereocenters. The molecule has 3 aromatic rings. The summed E-state index contributed by atoms with van der Waals surface area (Å²) in [7, 11) is 1.78. The molecule has 0 unspecified atom stereocenters. The maximum absolute atomic E-state index is 13.5. The Morgan fingerprint density at radius 3 is 2.73 bits per heavy atom. The number of halogens is 2. The summed E-state index contributed by atoms with van der Waals surface area (Å²) in [6, 6.07) is 1.43. The molecule has 5 nitrogen and oxygen atoms in total. The molecule has 1 aliphatic carbocycles. The van der Waals surface area contributed by atoms with Crippen molar-refractivity contribution in [3.8, 4) is 11.3 Å². The fourth-order valence-corrected chi connectivity index (χ4v) is 2.80. The van der Waals surface area contributed by atoms with Crippen molar-refractivity contribution in [3.05, 3.63) is 29.2 Å². The average Bonchev–Trinajstić information content (AvgIpc) is 3.13. The van der Waals surface area contributed by atoms with Gasteiger partial charge in [0, 0.05) is 30.3 Å². The number of hydrogen-bond acceptors (Lipinski definition) is 4. The molecule has 0 aromatic carbocycles. The minimum Gasteiger partial charge on any atom is -0.335 e. The van der Waals surface area contributed by atoms with Gasteiger partial charge in [-0.3, -0.25) is 4.68 Å². The molecule has 1 saturated carbocycles. The van der Waals surface area contributed by atoms with Gasteiger partial charge in [0.1, 0.15) is 0 Å². The first-order valence-electron chi connectivity index (χ1n) is 7.13. The van der Waals surface area contributed by atoms with E-state index in [2.05, 4.69) is 15.2 Å². The number of nitrogens with zero attached hydrogens (tertiary/aromatic N) is 4. The van der Waals surface area contributed by atoms with E-state index in [1.807, 2.05) is 6.92 Å². The molecule has 0 bridgehead atoms.